The van der Waals surface area contributed by atoms with Gasteiger partial charge in [-0.2, -0.15) is 0 Å². The summed E-state index contributed by atoms with van der Waals surface area (Å²) in [6.07, 6.45) is 1.51. The van der Waals surface area contributed by atoms with Gasteiger partial charge in [0.1, 0.15) is 0 Å². The zero-order valence-electron chi connectivity index (χ0n) is 9.11. The molecule has 0 unspecified atom stereocenters. The van der Waals surface area contributed by atoms with Crippen LogP contribution in [-0.2, 0) is 0 Å². The third kappa shape index (κ3) is 6.37. The summed E-state index contributed by atoms with van der Waals surface area (Å²) in [5, 5.41) is 24.0. The molecule has 0 saturated carbocycles. The molecular formula is C7H6BrKN4O5. The largest absolute Gasteiger partial charge is 1.00 e. The van der Waals surface area contributed by atoms with Gasteiger partial charge < -0.3 is 27.2 Å². The molecule has 9 nitrogen and oxygen atoms in total. The molecule has 18 heavy (non-hydrogen) atoms. The Morgan fingerprint density at radius 1 is 1.28 bits per heavy atom. The van der Waals surface area contributed by atoms with Crippen molar-refractivity contribution in [3.8, 4) is 0 Å². The molecule has 1 aromatic heterocycles. The number of fused-ring (bicyclic) bond motifs is 1. The van der Waals surface area contributed by atoms with Gasteiger partial charge in [0.2, 0.25) is 0 Å². The van der Waals surface area contributed by atoms with E-state index < -0.39 is 10.0 Å². The molecule has 2 rings (SSSR count). The van der Waals surface area contributed by atoms with Crippen LogP contribution in [0.25, 0.3) is 11.0 Å². The Labute approximate surface area is 153 Å². The number of nitro groups is 1. The van der Waals surface area contributed by atoms with Crippen LogP contribution in [0.3, 0.4) is 0 Å². The third-order valence-corrected chi connectivity index (χ3v) is 1.61. The van der Waals surface area contributed by atoms with E-state index >= 15 is 0 Å². The second-order valence-corrected chi connectivity index (χ2v) is 2.60. The molecule has 0 radical (unpaired) electrons. The SMILES string of the molecule is O=[N+]([O-])O.O=[N+]([O-])c1ccc2nc[nH]c2c1.[Br-].[K+]. The van der Waals surface area contributed by atoms with E-state index in [2.05, 4.69) is 9.97 Å². The van der Waals surface area contributed by atoms with E-state index in [1.165, 1.54) is 18.5 Å². The summed E-state index contributed by atoms with van der Waals surface area (Å²) >= 11 is 0. The average molecular weight is 345 g/mol. The minimum Gasteiger partial charge on any atom is -1.00 e. The first-order valence-corrected chi connectivity index (χ1v) is 3.91. The Balaban J connectivity index is 0. The molecule has 2 N–H and O–H groups in total. The number of non-ortho nitro benzene ring substituents is 1. The molecule has 0 aliphatic heterocycles. The van der Waals surface area contributed by atoms with E-state index in [0.29, 0.717) is 5.52 Å². The topological polar surface area (TPSA) is 135 Å². The summed E-state index contributed by atoms with van der Waals surface area (Å²) in [5.41, 5.74) is 1.50. The van der Waals surface area contributed by atoms with E-state index in [1.54, 1.807) is 6.07 Å². The van der Waals surface area contributed by atoms with E-state index in [-0.39, 0.29) is 74.1 Å². The Bertz CT molecular complexity index is 529. The van der Waals surface area contributed by atoms with Crippen molar-refractivity contribution in [1.82, 2.24) is 9.97 Å². The van der Waals surface area contributed by atoms with Gasteiger partial charge in [0.15, 0.2) is 0 Å². The molecule has 1 heterocycles. The van der Waals surface area contributed by atoms with Crippen LogP contribution in [0.15, 0.2) is 24.5 Å². The number of benzene rings is 1. The summed E-state index contributed by atoms with van der Waals surface area (Å²) in [5.74, 6) is 0. The summed E-state index contributed by atoms with van der Waals surface area (Å²) in [6, 6.07) is 4.51. The Kier molecular flexibility index (Phi) is 10.3. The Morgan fingerprint density at radius 3 is 2.33 bits per heavy atom. The number of halogens is 1. The fraction of sp³-hybridized carbons (Fsp3) is 0. The Morgan fingerprint density at radius 2 is 1.83 bits per heavy atom. The van der Waals surface area contributed by atoms with Gasteiger partial charge in [-0.3, -0.25) is 10.1 Å². The van der Waals surface area contributed by atoms with E-state index in [4.69, 9.17) is 15.3 Å². The quantitative estimate of drug-likeness (QED) is 0.302. The van der Waals surface area contributed by atoms with Crippen molar-refractivity contribution < 1.29 is 83.6 Å². The van der Waals surface area contributed by atoms with Gasteiger partial charge in [0.25, 0.3) is 10.8 Å². The normalized spacial score (nSPS) is 8.22. The maximum absolute atomic E-state index is 10.3. The molecule has 92 valence electrons. The first-order valence-electron chi connectivity index (χ1n) is 3.91. The van der Waals surface area contributed by atoms with Gasteiger partial charge in [0.05, 0.1) is 22.3 Å². The standard InChI is InChI=1S/C7H5N3O2.BrH.K.HNO3/c11-10(12)5-1-2-6-7(3-5)9-4-8-6;;;2-1(3)4/h1-4H,(H,8,9);1H;;(H,2,3,4)/q;;+1;/p-1. The molecule has 2 aromatic rings. The molecule has 0 saturated heterocycles. The first kappa shape index (κ1) is 19.7. The number of aromatic nitrogens is 2. The number of nitrogens with one attached hydrogen (secondary N) is 1. The van der Waals surface area contributed by atoms with Crippen molar-refractivity contribution in [3.63, 3.8) is 0 Å². The Hall–Kier alpha value is -0.594. The second kappa shape index (κ2) is 9.35. The van der Waals surface area contributed by atoms with Crippen molar-refractivity contribution in [3.05, 3.63) is 44.8 Å². The van der Waals surface area contributed by atoms with Crippen molar-refractivity contribution >= 4 is 16.7 Å². The fourth-order valence-electron chi connectivity index (χ4n) is 1.04. The van der Waals surface area contributed by atoms with Crippen LogP contribution in [0.1, 0.15) is 0 Å². The van der Waals surface area contributed by atoms with Crippen molar-refractivity contribution in [2.24, 2.45) is 0 Å². The zero-order valence-corrected chi connectivity index (χ0v) is 13.8. The summed E-state index contributed by atoms with van der Waals surface area (Å²) in [7, 11) is 0. The smallest absolute Gasteiger partial charge is 1.00 e. The van der Waals surface area contributed by atoms with Crippen LogP contribution in [0, 0.1) is 20.2 Å². The van der Waals surface area contributed by atoms with Crippen LogP contribution in [0.5, 0.6) is 0 Å². The molecule has 0 aliphatic carbocycles. The fourth-order valence-corrected chi connectivity index (χ4v) is 1.04. The number of aromatic amines is 1. The average Bonchev–Trinajstić information content (AvgIpc) is 2.62. The molecule has 11 heteroatoms. The zero-order chi connectivity index (χ0) is 12.1. The van der Waals surface area contributed by atoms with Crippen LogP contribution in [0.2, 0.25) is 0 Å². The number of nitrogens with zero attached hydrogens (tertiary/aromatic N) is 3. The number of hydrogen-bond donors (Lipinski definition) is 2. The molecule has 0 fully saturated rings. The second-order valence-electron chi connectivity index (χ2n) is 2.60. The van der Waals surface area contributed by atoms with Crippen LogP contribution >= 0.6 is 0 Å². The third-order valence-electron chi connectivity index (χ3n) is 1.61. The van der Waals surface area contributed by atoms with Gasteiger partial charge >= 0.3 is 51.4 Å². The van der Waals surface area contributed by atoms with Crippen LogP contribution in [0.4, 0.5) is 5.69 Å². The van der Waals surface area contributed by atoms with Crippen LogP contribution < -0.4 is 68.4 Å². The maximum Gasteiger partial charge on any atom is 1.00 e. The van der Waals surface area contributed by atoms with E-state index in [0.717, 1.165) is 5.52 Å². The van der Waals surface area contributed by atoms with Gasteiger partial charge in [-0.1, -0.05) is 0 Å². The summed E-state index contributed by atoms with van der Waals surface area (Å²) < 4.78 is 0. The van der Waals surface area contributed by atoms with Gasteiger partial charge in [-0.05, 0) is 6.07 Å². The maximum atomic E-state index is 10.3. The van der Waals surface area contributed by atoms with Crippen LogP contribution in [-0.4, -0.2) is 25.2 Å². The monoisotopic (exact) mass is 344 g/mol. The van der Waals surface area contributed by atoms with Gasteiger partial charge in [-0.15, -0.1) is 10.1 Å². The molecular weight excluding hydrogens is 339 g/mol. The number of rotatable bonds is 1. The molecule has 1 aromatic carbocycles. The van der Waals surface area contributed by atoms with Crippen molar-refractivity contribution in [2.75, 3.05) is 0 Å². The number of imidazole rings is 1. The molecule has 0 aliphatic rings. The molecule has 0 atom stereocenters. The van der Waals surface area contributed by atoms with E-state index in [9.17, 15) is 10.1 Å². The number of H-pyrrole nitrogens is 1. The summed E-state index contributed by atoms with van der Waals surface area (Å²) in [4.78, 5) is 25.0. The van der Waals surface area contributed by atoms with Gasteiger partial charge in [-0.25, -0.2) is 4.98 Å². The van der Waals surface area contributed by atoms with Gasteiger partial charge in [0, 0.05) is 12.1 Å². The number of nitro benzene ring substituents is 1. The predicted octanol–water partition coefficient (Wildman–Crippen LogP) is -4.87. The summed E-state index contributed by atoms with van der Waals surface area (Å²) in [6.45, 7) is 0. The predicted molar refractivity (Wildman–Crippen MR) is 51.5 cm³/mol. The minimum atomic E-state index is -1.50. The first-order chi connectivity index (χ1) is 7.50. The van der Waals surface area contributed by atoms with E-state index in [1.807, 2.05) is 0 Å². The number of hydrogen-bond acceptors (Lipinski definition) is 5. The molecule has 0 bridgehead atoms. The minimum absolute atomic E-state index is 0. The van der Waals surface area contributed by atoms with Crippen molar-refractivity contribution in [2.45, 2.75) is 0 Å². The molecule has 0 amide bonds. The molecule has 0 spiro atoms. The van der Waals surface area contributed by atoms with Crippen molar-refractivity contribution in [1.29, 1.82) is 0 Å².